The Labute approximate surface area is 127 Å². The van der Waals surface area contributed by atoms with Gasteiger partial charge in [-0.2, -0.15) is 0 Å². The summed E-state index contributed by atoms with van der Waals surface area (Å²) in [6.45, 7) is 9.28. The van der Waals surface area contributed by atoms with Crippen LogP contribution in [0.15, 0.2) is 30.5 Å². The first-order valence-electron chi connectivity index (χ1n) is 7.85. The number of pyridine rings is 1. The molecule has 0 unspecified atom stereocenters. The van der Waals surface area contributed by atoms with Gasteiger partial charge < -0.3 is 10.6 Å². The summed E-state index contributed by atoms with van der Waals surface area (Å²) in [6.07, 6.45) is 4.36. The number of benzene rings is 1. The first kappa shape index (κ1) is 14.2. The zero-order valence-electron chi connectivity index (χ0n) is 13.3. The molecule has 0 aliphatic carbocycles. The van der Waals surface area contributed by atoms with Crippen LogP contribution in [0.4, 0.5) is 11.4 Å². The fourth-order valence-electron chi connectivity index (χ4n) is 3.42. The van der Waals surface area contributed by atoms with Gasteiger partial charge in [0.1, 0.15) is 0 Å². The number of piperidine rings is 1. The number of anilines is 2. The van der Waals surface area contributed by atoms with Crippen molar-refractivity contribution in [3.05, 3.63) is 30.5 Å². The van der Waals surface area contributed by atoms with Crippen LogP contribution in [-0.2, 0) is 0 Å². The Hall–Kier alpha value is -1.77. The zero-order chi connectivity index (χ0) is 15.0. The SMILES string of the molecule is CC(C)(C)C1CCN(c2ccc(N)c3cccnc23)CC1. The predicted molar refractivity (Wildman–Crippen MR) is 90.5 cm³/mol. The molecule has 1 fully saturated rings. The van der Waals surface area contributed by atoms with E-state index in [9.17, 15) is 0 Å². The number of fused-ring (bicyclic) bond motifs is 1. The third-order valence-electron chi connectivity index (χ3n) is 4.84. The highest BCUT2D eigenvalue weighted by molar-refractivity contribution is 5.98. The molecule has 0 atom stereocenters. The molecule has 2 aromatic rings. The van der Waals surface area contributed by atoms with Crippen LogP contribution in [0.25, 0.3) is 10.9 Å². The van der Waals surface area contributed by atoms with Gasteiger partial charge >= 0.3 is 0 Å². The summed E-state index contributed by atoms with van der Waals surface area (Å²) >= 11 is 0. The van der Waals surface area contributed by atoms with E-state index in [1.807, 2.05) is 18.3 Å². The smallest absolute Gasteiger partial charge is 0.0955 e. The van der Waals surface area contributed by atoms with Gasteiger partial charge in [0.05, 0.1) is 11.2 Å². The van der Waals surface area contributed by atoms with E-state index in [4.69, 9.17) is 5.73 Å². The minimum Gasteiger partial charge on any atom is -0.398 e. The Kier molecular flexibility index (Phi) is 3.52. The summed E-state index contributed by atoms with van der Waals surface area (Å²) in [5.74, 6) is 0.807. The average Bonchev–Trinajstić information content (AvgIpc) is 2.47. The molecule has 0 radical (unpaired) electrons. The molecule has 0 saturated carbocycles. The van der Waals surface area contributed by atoms with Crippen molar-refractivity contribution in [1.29, 1.82) is 0 Å². The summed E-state index contributed by atoms with van der Waals surface area (Å²) < 4.78 is 0. The zero-order valence-corrected chi connectivity index (χ0v) is 13.3. The van der Waals surface area contributed by atoms with Crippen molar-refractivity contribution >= 4 is 22.3 Å². The summed E-state index contributed by atoms with van der Waals surface area (Å²) in [4.78, 5) is 7.03. The second-order valence-electron chi connectivity index (χ2n) is 7.20. The Bertz CT molecular complexity index is 634. The molecule has 3 heteroatoms. The van der Waals surface area contributed by atoms with E-state index in [0.29, 0.717) is 5.41 Å². The lowest BCUT2D eigenvalue weighted by molar-refractivity contribution is 0.199. The predicted octanol–water partition coefficient (Wildman–Crippen LogP) is 4.08. The second-order valence-corrected chi connectivity index (χ2v) is 7.20. The lowest BCUT2D eigenvalue weighted by Crippen LogP contribution is -2.38. The highest BCUT2D eigenvalue weighted by Crippen LogP contribution is 2.37. The minimum atomic E-state index is 0.410. The number of nitrogen functional groups attached to an aromatic ring is 1. The third kappa shape index (κ3) is 2.69. The molecular weight excluding hydrogens is 258 g/mol. The molecule has 1 saturated heterocycles. The number of nitrogens with two attached hydrogens (primary N) is 1. The van der Waals surface area contributed by atoms with Crippen molar-refractivity contribution in [3.63, 3.8) is 0 Å². The van der Waals surface area contributed by atoms with Gasteiger partial charge in [-0.25, -0.2) is 0 Å². The van der Waals surface area contributed by atoms with Crippen molar-refractivity contribution in [2.24, 2.45) is 11.3 Å². The topological polar surface area (TPSA) is 42.1 Å². The Morgan fingerprint density at radius 3 is 2.52 bits per heavy atom. The lowest BCUT2D eigenvalue weighted by atomic mass is 9.75. The largest absolute Gasteiger partial charge is 0.398 e. The number of hydrogen-bond donors (Lipinski definition) is 1. The van der Waals surface area contributed by atoms with Crippen LogP contribution in [0.1, 0.15) is 33.6 Å². The van der Waals surface area contributed by atoms with E-state index in [-0.39, 0.29) is 0 Å². The molecule has 1 aliphatic rings. The first-order chi connectivity index (χ1) is 9.97. The van der Waals surface area contributed by atoms with E-state index < -0.39 is 0 Å². The first-order valence-corrected chi connectivity index (χ1v) is 7.85. The molecule has 0 bridgehead atoms. The van der Waals surface area contributed by atoms with Gasteiger partial charge in [-0.1, -0.05) is 20.8 Å². The van der Waals surface area contributed by atoms with E-state index in [1.165, 1.54) is 18.5 Å². The maximum atomic E-state index is 6.08. The number of nitrogens with zero attached hydrogens (tertiary/aromatic N) is 2. The Morgan fingerprint density at radius 2 is 1.86 bits per heavy atom. The third-order valence-corrected chi connectivity index (χ3v) is 4.84. The van der Waals surface area contributed by atoms with Crippen molar-refractivity contribution in [2.75, 3.05) is 23.7 Å². The second kappa shape index (κ2) is 5.21. The molecule has 0 spiro atoms. The normalized spacial score (nSPS) is 17.4. The van der Waals surface area contributed by atoms with Crippen molar-refractivity contribution < 1.29 is 0 Å². The quantitative estimate of drug-likeness (QED) is 0.802. The van der Waals surface area contributed by atoms with E-state index in [1.54, 1.807) is 0 Å². The van der Waals surface area contributed by atoms with E-state index >= 15 is 0 Å². The Morgan fingerprint density at radius 1 is 1.14 bits per heavy atom. The van der Waals surface area contributed by atoms with Gasteiger partial charge in [0.2, 0.25) is 0 Å². The fourth-order valence-corrected chi connectivity index (χ4v) is 3.42. The molecule has 21 heavy (non-hydrogen) atoms. The Balaban J connectivity index is 1.88. The molecule has 2 N–H and O–H groups in total. The number of aromatic nitrogens is 1. The average molecular weight is 283 g/mol. The highest BCUT2D eigenvalue weighted by atomic mass is 15.1. The van der Waals surface area contributed by atoms with Crippen LogP contribution in [0.2, 0.25) is 0 Å². The molecule has 112 valence electrons. The molecule has 1 aliphatic heterocycles. The highest BCUT2D eigenvalue weighted by Gasteiger charge is 2.29. The molecule has 3 rings (SSSR count). The lowest BCUT2D eigenvalue weighted by Gasteiger charge is -2.40. The van der Waals surface area contributed by atoms with Gasteiger partial charge in [0.15, 0.2) is 0 Å². The van der Waals surface area contributed by atoms with Gasteiger partial charge in [0, 0.05) is 30.4 Å². The van der Waals surface area contributed by atoms with Crippen LogP contribution >= 0.6 is 0 Å². The molecular formula is C18H25N3. The standard InChI is InChI=1S/C18H25N3/c1-18(2,3)13-8-11-21(12-9-13)16-7-6-15(19)14-5-4-10-20-17(14)16/h4-7,10,13H,8-9,11-12,19H2,1-3H3. The van der Waals surface area contributed by atoms with Crippen LogP contribution in [-0.4, -0.2) is 18.1 Å². The monoisotopic (exact) mass is 283 g/mol. The van der Waals surface area contributed by atoms with Crippen LogP contribution in [0, 0.1) is 11.3 Å². The van der Waals surface area contributed by atoms with Gasteiger partial charge in [-0.05, 0) is 48.4 Å². The maximum Gasteiger partial charge on any atom is 0.0955 e. The van der Waals surface area contributed by atoms with E-state index in [0.717, 1.165) is 35.6 Å². The fraction of sp³-hybridized carbons (Fsp3) is 0.500. The summed E-state index contributed by atoms with van der Waals surface area (Å²) in [5, 5.41) is 1.06. The van der Waals surface area contributed by atoms with Crippen LogP contribution in [0.5, 0.6) is 0 Å². The van der Waals surface area contributed by atoms with Crippen LogP contribution in [0.3, 0.4) is 0 Å². The van der Waals surface area contributed by atoms with Crippen molar-refractivity contribution in [1.82, 2.24) is 4.98 Å². The van der Waals surface area contributed by atoms with Gasteiger partial charge in [-0.15, -0.1) is 0 Å². The molecule has 1 aromatic heterocycles. The molecule has 1 aromatic carbocycles. The number of hydrogen-bond acceptors (Lipinski definition) is 3. The van der Waals surface area contributed by atoms with Gasteiger partial charge in [0.25, 0.3) is 0 Å². The van der Waals surface area contributed by atoms with Gasteiger partial charge in [-0.3, -0.25) is 4.98 Å². The molecule has 2 heterocycles. The summed E-state index contributed by atoms with van der Waals surface area (Å²) in [5.41, 5.74) is 9.56. The van der Waals surface area contributed by atoms with Crippen LogP contribution < -0.4 is 10.6 Å². The maximum absolute atomic E-state index is 6.08. The van der Waals surface area contributed by atoms with E-state index in [2.05, 4.69) is 42.8 Å². The van der Waals surface area contributed by atoms with Crippen molar-refractivity contribution in [3.8, 4) is 0 Å². The molecule has 0 amide bonds. The summed E-state index contributed by atoms with van der Waals surface area (Å²) in [6, 6.07) is 8.15. The molecule has 3 nitrogen and oxygen atoms in total. The summed E-state index contributed by atoms with van der Waals surface area (Å²) in [7, 11) is 0. The van der Waals surface area contributed by atoms with Crippen molar-refractivity contribution in [2.45, 2.75) is 33.6 Å². The number of rotatable bonds is 1. The minimum absolute atomic E-state index is 0.410.